The van der Waals surface area contributed by atoms with Crippen molar-refractivity contribution in [1.82, 2.24) is 9.88 Å². The molecule has 0 bridgehead atoms. The number of hydrogen-bond acceptors (Lipinski definition) is 6. The highest BCUT2D eigenvalue weighted by Gasteiger charge is 2.39. The van der Waals surface area contributed by atoms with Gasteiger partial charge in [0.1, 0.15) is 0 Å². The van der Waals surface area contributed by atoms with E-state index in [9.17, 15) is 9.59 Å². The summed E-state index contributed by atoms with van der Waals surface area (Å²) < 4.78 is 10.7. The molecule has 0 saturated heterocycles. The highest BCUT2D eigenvalue weighted by Crippen LogP contribution is 2.42. The Labute approximate surface area is 184 Å². The monoisotopic (exact) mass is 432 g/mol. The molecule has 2 amide bonds. The summed E-state index contributed by atoms with van der Waals surface area (Å²) in [7, 11) is 3.08. The molecule has 0 unspecified atom stereocenters. The highest BCUT2D eigenvalue weighted by molar-refractivity contribution is 8.04. The second-order valence-corrected chi connectivity index (χ2v) is 7.82. The van der Waals surface area contributed by atoms with Gasteiger partial charge in [-0.1, -0.05) is 36.0 Å². The first-order chi connectivity index (χ1) is 15.1. The predicted molar refractivity (Wildman–Crippen MR) is 119 cm³/mol. The Morgan fingerprint density at radius 3 is 2.26 bits per heavy atom. The topological polar surface area (TPSA) is 68.7 Å². The molecule has 1 aliphatic heterocycles. The van der Waals surface area contributed by atoms with Crippen LogP contribution < -0.4 is 9.47 Å². The molecule has 1 aromatic heterocycles. The van der Waals surface area contributed by atoms with Crippen molar-refractivity contribution >= 4 is 29.1 Å². The Balaban J connectivity index is 1.78. The van der Waals surface area contributed by atoms with Crippen molar-refractivity contribution in [3.05, 3.63) is 89.1 Å². The molecule has 0 atom stereocenters. The molecular formula is C24H20N2O4S. The zero-order valence-corrected chi connectivity index (χ0v) is 17.9. The Morgan fingerprint density at radius 1 is 0.871 bits per heavy atom. The van der Waals surface area contributed by atoms with Crippen LogP contribution >= 0.6 is 11.8 Å². The molecule has 6 nitrogen and oxygen atoms in total. The first-order valence-electron chi connectivity index (χ1n) is 9.57. The van der Waals surface area contributed by atoms with Crippen LogP contribution in [0.1, 0.15) is 11.1 Å². The number of amides is 2. The number of benzene rings is 2. The summed E-state index contributed by atoms with van der Waals surface area (Å²) in [6.45, 7) is 0.176. The van der Waals surface area contributed by atoms with Gasteiger partial charge in [0.2, 0.25) is 0 Å². The number of pyridine rings is 1. The van der Waals surface area contributed by atoms with Gasteiger partial charge in [0.05, 0.1) is 31.2 Å². The maximum Gasteiger partial charge on any atom is 0.268 e. The van der Waals surface area contributed by atoms with E-state index >= 15 is 0 Å². The lowest BCUT2D eigenvalue weighted by atomic mass is 10.1. The number of carbonyl (C=O) groups excluding carboxylic acids is 2. The van der Waals surface area contributed by atoms with E-state index < -0.39 is 0 Å². The minimum Gasteiger partial charge on any atom is -0.493 e. The van der Waals surface area contributed by atoms with Crippen molar-refractivity contribution in [1.29, 1.82) is 0 Å². The van der Waals surface area contributed by atoms with Gasteiger partial charge in [-0.25, -0.2) is 0 Å². The minimum atomic E-state index is -0.340. The van der Waals surface area contributed by atoms with Gasteiger partial charge in [0.15, 0.2) is 11.5 Å². The third kappa shape index (κ3) is 4.18. The third-order valence-corrected chi connectivity index (χ3v) is 5.94. The van der Waals surface area contributed by atoms with Crippen LogP contribution in [0.15, 0.2) is 82.9 Å². The zero-order valence-electron chi connectivity index (χ0n) is 17.1. The minimum absolute atomic E-state index is 0.176. The zero-order chi connectivity index (χ0) is 21.8. The maximum atomic E-state index is 13.4. The second kappa shape index (κ2) is 9.06. The lowest BCUT2D eigenvalue weighted by Gasteiger charge is -2.15. The number of aromatic nitrogens is 1. The van der Waals surface area contributed by atoms with Gasteiger partial charge in [-0.2, -0.15) is 0 Å². The third-order valence-electron chi connectivity index (χ3n) is 4.85. The number of carbonyl (C=O) groups is 2. The van der Waals surface area contributed by atoms with Crippen LogP contribution in [0.2, 0.25) is 0 Å². The van der Waals surface area contributed by atoms with E-state index in [2.05, 4.69) is 4.98 Å². The van der Waals surface area contributed by atoms with Gasteiger partial charge in [0, 0.05) is 17.3 Å². The fourth-order valence-electron chi connectivity index (χ4n) is 3.32. The first kappa shape index (κ1) is 20.7. The largest absolute Gasteiger partial charge is 0.493 e. The van der Waals surface area contributed by atoms with Crippen molar-refractivity contribution in [3.63, 3.8) is 0 Å². The van der Waals surface area contributed by atoms with Crippen LogP contribution in [0.3, 0.4) is 0 Å². The van der Waals surface area contributed by atoms with E-state index in [1.54, 1.807) is 49.8 Å². The number of rotatable bonds is 7. The number of imide groups is 1. The number of methoxy groups -OCH3 is 2. The van der Waals surface area contributed by atoms with Gasteiger partial charge in [-0.15, -0.1) is 0 Å². The Hall–Kier alpha value is -3.58. The summed E-state index contributed by atoms with van der Waals surface area (Å²) >= 11 is 1.29. The molecule has 31 heavy (non-hydrogen) atoms. The summed E-state index contributed by atoms with van der Waals surface area (Å²) in [6.07, 6.45) is 3.28. The molecule has 4 rings (SSSR count). The Bertz CT molecular complexity index is 1150. The molecule has 2 aromatic carbocycles. The lowest BCUT2D eigenvalue weighted by molar-refractivity contribution is -0.137. The van der Waals surface area contributed by atoms with Gasteiger partial charge in [-0.05, 0) is 47.5 Å². The van der Waals surface area contributed by atoms with Gasteiger partial charge >= 0.3 is 0 Å². The average molecular weight is 433 g/mol. The number of thioether (sulfide) groups is 1. The number of ether oxygens (including phenoxy) is 2. The summed E-state index contributed by atoms with van der Waals surface area (Å²) in [6, 6.07) is 18.3. The predicted octanol–water partition coefficient (Wildman–Crippen LogP) is 4.17. The Morgan fingerprint density at radius 2 is 1.58 bits per heavy atom. The fraction of sp³-hybridized carbons (Fsp3) is 0.125. The molecule has 0 spiro atoms. The highest BCUT2D eigenvalue weighted by atomic mass is 32.2. The molecule has 0 radical (unpaired) electrons. The van der Waals surface area contributed by atoms with Crippen molar-refractivity contribution < 1.29 is 19.1 Å². The lowest BCUT2D eigenvalue weighted by Crippen LogP contribution is -2.30. The van der Waals surface area contributed by atoms with Crippen molar-refractivity contribution in [3.8, 4) is 11.5 Å². The smallest absolute Gasteiger partial charge is 0.268 e. The van der Waals surface area contributed by atoms with Crippen LogP contribution in [0.4, 0.5) is 0 Å². The number of nitrogens with zero attached hydrogens (tertiary/aromatic N) is 2. The van der Waals surface area contributed by atoms with Crippen LogP contribution in [-0.2, 0) is 16.1 Å². The van der Waals surface area contributed by atoms with E-state index in [0.29, 0.717) is 27.5 Å². The normalized spacial score (nSPS) is 13.7. The van der Waals surface area contributed by atoms with E-state index in [1.165, 1.54) is 23.8 Å². The van der Waals surface area contributed by atoms with E-state index in [4.69, 9.17) is 9.47 Å². The Kier molecular flexibility index (Phi) is 6.04. The van der Waals surface area contributed by atoms with E-state index in [-0.39, 0.29) is 18.4 Å². The maximum absolute atomic E-state index is 13.4. The molecule has 0 fully saturated rings. The second-order valence-electron chi connectivity index (χ2n) is 6.74. The van der Waals surface area contributed by atoms with E-state index in [1.807, 2.05) is 30.3 Å². The summed E-state index contributed by atoms with van der Waals surface area (Å²) in [5.41, 5.74) is 1.79. The quantitative estimate of drug-likeness (QED) is 0.522. The molecule has 1 aliphatic rings. The van der Waals surface area contributed by atoms with Gasteiger partial charge in [-0.3, -0.25) is 19.5 Å². The molecule has 7 heteroatoms. The van der Waals surface area contributed by atoms with Crippen LogP contribution in [-0.4, -0.2) is 35.9 Å². The van der Waals surface area contributed by atoms with Crippen LogP contribution in [0.25, 0.3) is 5.57 Å². The van der Waals surface area contributed by atoms with Crippen molar-refractivity contribution in [2.75, 3.05) is 14.2 Å². The molecule has 156 valence electrons. The van der Waals surface area contributed by atoms with Crippen molar-refractivity contribution in [2.45, 2.75) is 11.4 Å². The van der Waals surface area contributed by atoms with Crippen LogP contribution in [0.5, 0.6) is 11.5 Å². The van der Waals surface area contributed by atoms with Gasteiger partial charge < -0.3 is 9.47 Å². The SMILES string of the molecule is COc1ccc(C2=C(Sc3ccccc3)C(=O)N(Cc3ccncc3)C2=O)cc1OC. The van der Waals surface area contributed by atoms with Crippen molar-refractivity contribution in [2.24, 2.45) is 0 Å². The standard InChI is InChI=1S/C24H20N2O4S/c1-29-19-9-8-17(14-20(19)30-2)21-22(31-18-6-4-3-5-7-18)24(28)26(23(21)27)15-16-10-12-25-13-11-16/h3-14H,15H2,1-2H3. The van der Waals surface area contributed by atoms with E-state index in [0.717, 1.165) is 10.5 Å². The molecule has 0 aliphatic carbocycles. The summed E-state index contributed by atoms with van der Waals surface area (Å²) in [4.78, 5) is 33.3. The molecule has 0 N–H and O–H groups in total. The molecule has 2 heterocycles. The van der Waals surface area contributed by atoms with Crippen LogP contribution in [0, 0.1) is 0 Å². The van der Waals surface area contributed by atoms with Gasteiger partial charge in [0.25, 0.3) is 11.8 Å². The fourth-order valence-corrected chi connectivity index (χ4v) is 4.35. The number of hydrogen-bond donors (Lipinski definition) is 0. The summed E-state index contributed by atoms with van der Waals surface area (Å²) in [5, 5.41) is 0. The molecule has 3 aromatic rings. The summed E-state index contributed by atoms with van der Waals surface area (Å²) in [5.74, 6) is 0.381. The average Bonchev–Trinajstić information content (AvgIpc) is 3.04. The molecule has 0 saturated carbocycles. The first-order valence-corrected chi connectivity index (χ1v) is 10.4. The molecular weight excluding hydrogens is 412 g/mol.